The fourth-order valence-corrected chi connectivity index (χ4v) is 2.40. The smallest absolute Gasteiger partial charge is 0.0271 e. The number of aromatic nitrogens is 1. The summed E-state index contributed by atoms with van der Waals surface area (Å²) >= 11 is 0. The van der Waals surface area contributed by atoms with Crippen molar-refractivity contribution in [3.05, 3.63) is 30.1 Å². The van der Waals surface area contributed by atoms with Crippen molar-refractivity contribution in [1.82, 2.24) is 10.3 Å². The van der Waals surface area contributed by atoms with Crippen LogP contribution in [0.3, 0.4) is 0 Å². The molecule has 1 aliphatic rings. The molecule has 1 aliphatic carbocycles. The van der Waals surface area contributed by atoms with E-state index in [1.54, 1.807) is 0 Å². The van der Waals surface area contributed by atoms with E-state index >= 15 is 0 Å². The van der Waals surface area contributed by atoms with Crippen LogP contribution in [0.15, 0.2) is 24.5 Å². The van der Waals surface area contributed by atoms with Gasteiger partial charge >= 0.3 is 0 Å². The Morgan fingerprint density at radius 2 is 2.00 bits per heavy atom. The Morgan fingerprint density at radius 3 is 2.67 bits per heavy atom. The maximum Gasteiger partial charge on any atom is 0.0271 e. The molecule has 0 saturated heterocycles. The summed E-state index contributed by atoms with van der Waals surface area (Å²) in [6.45, 7) is 3.29. The van der Waals surface area contributed by atoms with Crippen LogP contribution in [0.2, 0.25) is 0 Å². The van der Waals surface area contributed by atoms with Crippen molar-refractivity contribution in [2.24, 2.45) is 5.92 Å². The van der Waals surface area contributed by atoms with Gasteiger partial charge in [-0.05, 0) is 43.4 Å². The molecule has 2 heteroatoms. The Hall–Kier alpha value is -0.890. The molecule has 2 nitrogen and oxygen atoms in total. The molecule has 0 bridgehead atoms. The summed E-state index contributed by atoms with van der Waals surface area (Å²) in [4.78, 5) is 4.02. The standard InChI is InChI=1S/C13H20N2/c1-11(13-4-2-3-5-13)15-10-12-6-8-14-9-7-12/h6-9,11,13,15H,2-5,10H2,1H3. The zero-order valence-electron chi connectivity index (χ0n) is 9.45. The highest BCUT2D eigenvalue weighted by Gasteiger charge is 2.20. The zero-order chi connectivity index (χ0) is 10.5. The minimum atomic E-state index is 0.653. The minimum absolute atomic E-state index is 0.653. The molecule has 82 valence electrons. The molecule has 1 N–H and O–H groups in total. The molecule has 0 radical (unpaired) electrons. The molecule has 15 heavy (non-hydrogen) atoms. The first-order chi connectivity index (χ1) is 7.36. The van der Waals surface area contributed by atoms with Gasteiger partial charge in [-0.3, -0.25) is 4.98 Å². The first-order valence-corrected chi connectivity index (χ1v) is 5.98. The van der Waals surface area contributed by atoms with Crippen molar-refractivity contribution >= 4 is 0 Å². The van der Waals surface area contributed by atoms with Gasteiger partial charge in [-0.25, -0.2) is 0 Å². The molecule has 1 heterocycles. The average molecular weight is 204 g/mol. The van der Waals surface area contributed by atoms with E-state index in [-0.39, 0.29) is 0 Å². The van der Waals surface area contributed by atoms with Gasteiger partial charge in [0.15, 0.2) is 0 Å². The first-order valence-electron chi connectivity index (χ1n) is 5.98. The van der Waals surface area contributed by atoms with Crippen LogP contribution in [0.1, 0.15) is 38.2 Å². The number of nitrogens with zero attached hydrogens (tertiary/aromatic N) is 1. The van der Waals surface area contributed by atoms with Gasteiger partial charge in [0.2, 0.25) is 0 Å². The van der Waals surface area contributed by atoms with Crippen LogP contribution >= 0.6 is 0 Å². The van der Waals surface area contributed by atoms with E-state index in [0.29, 0.717) is 6.04 Å². The Bertz CT molecular complexity index is 278. The van der Waals surface area contributed by atoms with E-state index in [0.717, 1.165) is 12.5 Å². The SMILES string of the molecule is CC(NCc1ccncc1)C1CCCC1. The normalized spacial score (nSPS) is 19.3. The Labute approximate surface area is 92.1 Å². The average Bonchev–Trinajstić information content (AvgIpc) is 2.81. The summed E-state index contributed by atoms with van der Waals surface area (Å²) in [5.41, 5.74) is 1.33. The van der Waals surface area contributed by atoms with E-state index in [1.807, 2.05) is 12.4 Å². The van der Waals surface area contributed by atoms with E-state index in [2.05, 4.69) is 29.4 Å². The maximum absolute atomic E-state index is 4.02. The highest BCUT2D eigenvalue weighted by molar-refractivity contribution is 5.09. The van der Waals surface area contributed by atoms with E-state index < -0.39 is 0 Å². The van der Waals surface area contributed by atoms with Crippen molar-refractivity contribution in [2.45, 2.75) is 45.2 Å². The van der Waals surface area contributed by atoms with Crippen molar-refractivity contribution in [1.29, 1.82) is 0 Å². The largest absolute Gasteiger partial charge is 0.310 e. The molecule has 2 rings (SSSR count). The molecule has 0 aromatic carbocycles. The second-order valence-electron chi connectivity index (χ2n) is 4.57. The highest BCUT2D eigenvalue weighted by atomic mass is 14.9. The molecule has 1 saturated carbocycles. The monoisotopic (exact) mass is 204 g/mol. The van der Waals surface area contributed by atoms with Crippen molar-refractivity contribution in [3.63, 3.8) is 0 Å². The van der Waals surface area contributed by atoms with Gasteiger partial charge in [0.25, 0.3) is 0 Å². The molecule has 0 amide bonds. The van der Waals surface area contributed by atoms with Crippen LogP contribution in [-0.2, 0) is 6.54 Å². The Balaban J connectivity index is 1.77. The zero-order valence-corrected chi connectivity index (χ0v) is 9.45. The number of nitrogens with one attached hydrogen (secondary N) is 1. The second kappa shape index (κ2) is 5.26. The predicted octanol–water partition coefficient (Wildman–Crippen LogP) is 2.75. The fraction of sp³-hybridized carbons (Fsp3) is 0.615. The summed E-state index contributed by atoms with van der Waals surface area (Å²) in [5, 5.41) is 3.61. The fourth-order valence-electron chi connectivity index (χ4n) is 2.40. The summed E-state index contributed by atoms with van der Waals surface area (Å²) in [6, 6.07) is 4.81. The van der Waals surface area contributed by atoms with E-state index in [9.17, 15) is 0 Å². The summed E-state index contributed by atoms with van der Waals surface area (Å²) < 4.78 is 0. The lowest BCUT2D eigenvalue weighted by molar-refractivity contribution is 0.380. The predicted molar refractivity (Wildman–Crippen MR) is 62.5 cm³/mol. The van der Waals surface area contributed by atoms with Crippen LogP contribution < -0.4 is 5.32 Å². The molecule has 1 atom stereocenters. The topological polar surface area (TPSA) is 24.9 Å². The molecular formula is C13H20N2. The lowest BCUT2D eigenvalue weighted by Crippen LogP contribution is -2.31. The van der Waals surface area contributed by atoms with Crippen LogP contribution in [-0.4, -0.2) is 11.0 Å². The third kappa shape index (κ3) is 3.03. The van der Waals surface area contributed by atoms with E-state index in [1.165, 1.54) is 31.2 Å². The van der Waals surface area contributed by atoms with Crippen molar-refractivity contribution in [2.75, 3.05) is 0 Å². The molecule has 0 spiro atoms. The molecule has 0 aliphatic heterocycles. The molecule has 1 unspecified atom stereocenters. The minimum Gasteiger partial charge on any atom is -0.310 e. The molecular weight excluding hydrogens is 184 g/mol. The molecule has 1 aromatic heterocycles. The second-order valence-corrected chi connectivity index (χ2v) is 4.57. The highest BCUT2D eigenvalue weighted by Crippen LogP contribution is 2.27. The first kappa shape index (κ1) is 10.6. The Morgan fingerprint density at radius 1 is 1.33 bits per heavy atom. The van der Waals surface area contributed by atoms with Gasteiger partial charge in [-0.15, -0.1) is 0 Å². The van der Waals surface area contributed by atoms with Gasteiger partial charge in [0, 0.05) is 25.0 Å². The van der Waals surface area contributed by atoms with Gasteiger partial charge < -0.3 is 5.32 Å². The third-order valence-electron chi connectivity index (χ3n) is 3.48. The van der Waals surface area contributed by atoms with Gasteiger partial charge in [-0.1, -0.05) is 12.8 Å². The van der Waals surface area contributed by atoms with Gasteiger partial charge in [-0.2, -0.15) is 0 Å². The summed E-state index contributed by atoms with van der Waals surface area (Å²) in [7, 11) is 0. The van der Waals surface area contributed by atoms with Crippen LogP contribution in [0.4, 0.5) is 0 Å². The summed E-state index contributed by atoms with van der Waals surface area (Å²) in [6.07, 6.45) is 9.38. The molecule has 1 fully saturated rings. The quantitative estimate of drug-likeness (QED) is 0.815. The van der Waals surface area contributed by atoms with E-state index in [4.69, 9.17) is 0 Å². The van der Waals surface area contributed by atoms with Crippen LogP contribution in [0.5, 0.6) is 0 Å². The number of hydrogen-bond acceptors (Lipinski definition) is 2. The van der Waals surface area contributed by atoms with Crippen molar-refractivity contribution < 1.29 is 0 Å². The maximum atomic E-state index is 4.02. The number of rotatable bonds is 4. The Kier molecular flexibility index (Phi) is 3.73. The number of pyridine rings is 1. The lowest BCUT2D eigenvalue weighted by atomic mass is 10.00. The third-order valence-corrected chi connectivity index (χ3v) is 3.48. The molecule has 1 aromatic rings. The van der Waals surface area contributed by atoms with Gasteiger partial charge in [0.1, 0.15) is 0 Å². The van der Waals surface area contributed by atoms with Crippen molar-refractivity contribution in [3.8, 4) is 0 Å². The summed E-state index contributed by atoms with van der Waals surface area (Å²) in [5.74, 6) is 0.895. The lowest BCUT2D eigenvalue weighted by Gasteiger charge is -2.20. The van der Waals surface area contributed by atoms with Crippen LogP contribution in [0, 0.1) is 5.92 Å². The van der Waals surface area contributed by atoms with Gasteiger partial charge in [0.05, 0.1) is 0 Å². The number of hydrogen-bond donors (Lipinski definition) is 1. The van der Waals surface area contributed by atoms with Crippen LogP contribution in [0.25, 0.3) is 0 Å².